The van der Waals surface area contributed by atoms with Crippen LogP contribution in [-0.2, 0) is 0 Å². The van der Waals surface area contributed by atoms with Gasteiger partial charge in [-0.25, -0.2) is 0 Å². The molecule has 2 rings (SSSR count). The van der Waals surface area contributed by atoms with Crippen LogP contribution in [0.2, 0.25) is 0 Å². The molecule has 0 radical (unpaired) electrons. The van der Waals surface area contributed by atoms with E-state index in [1.54, 1.807) is 12.1 Å². The number of rotatable bonds is 3. The fourth-order valence-electron chi connectivity index (χ4n) is 1.59. The minimum absolute atomic E-state index is 0.0598. The molecule has 1 aliphatic carbocycles. The minimum atomic E-state index is -0.445. The molecule has 1 aliphatic rings. The van der Waals surface area contributed by atoms with Gasteiger partial charge in [-0.15, -0.1) is 0 Å². The lowest BCUT2D eigenvalue weighted by molar-refractivity contribution is 0.0939. The number of halogens is 1. The number of hydrogen-bond donors (Lipinski definition) is 2. The summed E-state index contributed by atoms with van der Waals surface area (Å²) in [6.45, 7) is 0. The van der Waals surface area contributed by atoms with Gasteiger partial charge in [0.2, 0.25) is 0 Å². The maximum Gasteiger partial charge on any atom is 0.256 e. The fourth-order valence-corrected chi connectivity index (χ4v) is 2.09. The molecular weight excluding hydrogens is 331 g/mol. The first kappa shape index (κ1) is 12.2. The highest BCUT2D eigenvalue weighted by molar-refractivity contribution is 14.1. The number of aromatic hydroxyl groups is 1. The first-order valence-corrected chi connectivity index (χ1v) is 6.38. The second-order valence-electron chi connectivity index (χ2n) is 4.08. The van der Waals surface area contributed by atoms with E-state index in [1.807, 2.05) is 0 Å². The normalized spacial score (nSPS) is 16.0. The van der Waals surface area contributed by atoms with E-state index in [9.17, 15) is 9.90 Å². The van der Waals surface area contributed by atoms with E-state index in [-0.39, 0.29) is 23.1 Å². The van der Waals surface area contributed by atoms with Gasteiger partial charge in [-0.2, -0.15) is 5.26 Å². The van der Waals surface area contributed by atoms with Gasteiger partial charge in [-0.1, -0.05) is 0 Å². The molecule has 1 amide bonds. The van der Waals surface area contributed by atoms with E-state index >= 15 is 0 Å². The number of nitrogens with one attached hydrogen (secondary N) is 1. The Hall–Kier alpha value is -1.29. The number of phenolic OH excluding ortho intramolecular Hbond substituents is 1. The molecule has 0 aliphatic heterocycles. The smallest absolute Gasteiger partial charge is 0.256 e. The van der Waals surface area contributed by atoms with E-state index < -0.39 is 6.04 Å². The first-order valence-electron chi connectivity index (χ1n) is 5.31. The van der Waals surface area contributed by atoms with E-state index in [4.69, 9.17) is 5.26 Å². The van der Waals surface area contributed by atoms with Gasteiger partial charge < -0.3 is 10.4 Å². The Bertz CT molecular complexity index is 492. The van der Waals surface area contributed by atoms with Crippen molar-refractivity contribution in [2.45, 2.75) is 18.9 Å². The molecule has 1 aromatic rings. The molecule has 2 N–H and O–H groups in total. The molecule has 0 spiro atoms. The lowest BCUT2D eigenvalue weighted by Gasteiger charge is -2.11. The van der Waals surface area contributed by atoms with E-state index in [2.05, 4.69) is 34.0 Å². The predicted octanol–water partition coefficient (Wildman–Crippen LogP) is 2.03. The molecule has 5 heteroatoms. The van der Waals surface area contributed by atoms with Crippen LogP contribution < -0.4 is 5.32 Å². The summed E-state index contributed by atoms with van der Waals surface area (Å²) in [6, 6.07) is 6.44. The maximum absolute atomic E-state index is 11.9. The molecule has 1 saturated carbocycles. The second-order valence-corrected chi connectivity index (χ2v) is 5.32. The van der Waals surface area contributed by atoms with Gasteiger partial charge in [-0.3, -0.25) is 4.79 Å². The van der Waals surface area contributed by atoms with Crippen LogP contribution in [0.3, 0.4) is 0 Å². The summed E-state index contributed by atoms with van der Waals surface area (Å²) >= 11 is 2.07. The first-order chi connectivity index (χ1) is 8.11. The van der Waals surface area contributed by atoms with Crippen molar-refractivity contribution in [1.82, 2.24) is 5.32 Å². The molecule has 0 saturated heterocycles. The molecule has 1 fully saturated rings. The highest BCUT2D eigenvalue weighted by Gasteiger charge is 2.32. The summed E-state index contributed by atoms with van der Waals surface area (Å²) in [5, 5.41) is 21.2. The number of carbonyl (C=O) groups excluding carboxylic acids is 1. The summed E-state index contributed by atoms with van der Waals surface area (Å²) in [4.78, 5) is 11.9. The Kier molecular flexibility index (Phi) is 3.52. The summed E-state index contributed by atoms with van der Waals surface area (Å²) in [6.07, 6.45) is 1.97. The Morgan fingerprint density at radius 3 is 2.88 bits per heavy atom. The van der Waals surface area contributed by atoms with Crippen molar-refractivity contribution in [2.75, 3.05) is 0 Å². The van der Waals surface area contributed by atoms with Crippen molar-refractivity contribution >= 4 is 28.5 Å². The number of nitrogens with zero attached hydrogens (tertiary/aromatic N) is 1. The van der Waals surface area contributed by atoms with E-state index in [1.165, 1.54) is 6.07 Å². The monoisotopic (exact) mass is 342 g/mol. The highest BCUT2D eigenvalue weighted by Crippen LogP contribution is 2.32. The largest absolute Gasteiger partial charge is 0.507 e. The third kappa shape index (κ3) is 2.88. The number of carbonyl (C=O) groups is 1. The van der Waals surface area contributed by atoms with Gasteiger partial charge in [0.1, 0.15) is 11.8 Å². The third-order valence-electron chi connectivity index (χ3n) is 2.72. The topological polar surface area (TPSA) is 73.1 Å². The minimum Gasteiger partial charge on any atom is -0.507 e. The Morgan fingerprint density at radius 2 is 2.29 bits per heavy atom. The standard InChI is InChI=1S/C12H11IN2O2/c13-8-3-4-11(16)9(5-8)12(17)15-10(6-14)7-1-2-7/h3-5,7,10,16H,1-2H2,(H,15,17). The summed E-state index contributed by atoms with van der Waals surface area (Å²) in [5.41, 5.74) is 0.220. The zero-order valence-corrected chi connectivity index (χ0v) is 11.1. The number of phenols is 1. The van der Waals surface area contributed by atoms with Crippen molar-refractivity contribution in [1.29, 1.82) is 5.26 Å². The number of amides is 1. The molecule has 0 bridgehead atoms. The van der Waals surface area contributed by atoms with Crippen LogP contribution in [0.1, 0.15) is 23.2 Å². The van der Waals surface area contributed by atoms with Crippen molar-refractivity contribution < 1.29 is 9.90 Å². The zero-order valence-electron chi connectivity index (χ0n) is 8.98. The third-order valence-corrected chi connectivity index (χ3v) is 3.39. The Morgan fingerprint density at radius 1 is 1.59 bits per heavy atom. The van der Waals surface area contributed by atoms with Crippen LogP contribution in [0.25, 0.3) is 0 Å². The maximum atomic E-state index is 11.9. The molecule has 0 aromatic heterocycles. The van der Waals surface area contributed by atoms with Gasteiger partial charge in [0.25, 0.3) is 5.91 Å². The van der Waals surface area contributed by atoms with Crippen molar-refractivity contribution in [2.24, 2.45) is 5.92 Å². The molecule has 88 valence electrons. The van der Waals surface area contributed by atoms with Crippen LogP contribution in [-0.4, -0.2) is 17.1 Å². The molecule has 17 heavy (non-hydrogen) atoms. The average Bonchev–Trinajstić information content (AvgIpc) is 3.13. The van der Waals surface area contributed by atoms with Crippen LogP contribution in [0.5, 0.6) is 5.75 Å². The highest BCUT2D eigenvalue weighted by atomic mass is 127. The predicted molar refractivity (Wildman–Crippen MR) is 70.4 cm³/mol. The van der Waals surface area contributed by atoms with Gasteiger partial charge in [0, 0.05) is 3.57 Å². The Labute approximate surface area is 113 Å². The summed E-state index contributed by atoms with van der Waals surface area (Å²) in [7, 11) is 0. The zero-order chi connectivity index (χ0) is 12.4. The van der Waals surface area contributed by atoms with Gasteiger partial charge in [-0.05, 0) is 59.5 Å². The summed E-state index contributed by atoms with van der Waals surface area (Å²) < 4.78 is 0.866. The number of hydrogen-bond acceptors (Lipinski definition) is 3. The van der Waals surface area contributed by atoms with Crippen LogP contribution >= 0.6 is 22.6 Å². The average molecular weight is 342 g/mol. The molecule has 1 atom stereocenters. The van der Waals surface area contributed by atoms with E-state index in [0.29, 0.717) is 0 Å². The fraction of sp³-hybridized carbons (Fsp3) is 0.333. The quantitative estimate of drug-likeness (QED) is 0.826. The lowest BCUT2D eigenvalue weighted by Crippen LogP contribution is -2.35. The van der Waals surface area contributed by atoms with E-state index in [0.717, 1.165) is 16.4 Å². The molecule has 0 heterocycles. The summed E-state index contributed by atoms with van der Waals surface area (Å²) in [5.74, 6) is -0.177. The van der Waals surface area contributed by atoms with Crippen molar-refractivity contribution in [3.05, 3.63) is 27.3 Å². The SMILES string of the molecule is N#CC(NC(=O)c1cc(I)ccc1O)C1CC1. The number of benzene rings is 1. The Balaban J connectivity index is 2.13. The van der Waals surface area contributed by atoms with Crippen molar-refractivity contribution in [3.63, 3.8) is 0 Å². The van der Waals surface area contributed by atoms with Crippen LogP contribution in [0.15, 0.2) is 18.2 Å². The molecule has 4 nitrogen and oxygen atoms in total. The molecule has 1 aromatic carbocycles. The van der Waals surface area contributed by atoms with Gasteiger partial charge in [0.05, 0.1) is 11.6 Å². The van der Waals surface area contributed by atoms with Gasteiger partial charge in [0.15, 0.2) is 0 Å². The molecule has 1 unspecified atom stereocenters. The van der Waals surface area contributed by atoms with Gasteiger partial charge >= 0.3 is 0 Å². The second kappa shape index (κ2) is 4.92. The lowest BCUT2D eigenvalue weighted by atomic mass is 10.1. The number of nitriles is 1. The van der Waals surface area contributed by atoms with Crippen LogP contribution in [0.4, 0.5) is 0 Å². The molecular formula is C12H11IN2O2. The van der Waals surface area contributed by atoms with Crippen LogP contribution in [0, 0.1) is 20.8 Å². The van der Waals surface area contributed by atoms with Crippen molar-refractivity contribution in [3.8, 4) is 11.8 Å².